The van der Waals surface area contributed by atoms with Gasteiger partial charge in [-0.3, -0.25) is 10.1 Å². The smallest absolute Gasteiger partial charge is 0.324 e. The average molecular weight is 315 g/mol. The Hall–Kier alpha value is -1.73. The van der Waals surface area contributed by atoms with E-state index in [1.54, 1.807) is 6.07 Å². The second-order valence-corrected chi connectivity index (χ2v) is 4.89. The van der Waals surface area contributed by atoms with Crippen molar-refractivity contribution >= 4 is 34.6 Å². The molecule has 8 heteroatoms. The highest BCUT2D eigenvalue weighted by molar-refractivity contribution is 7.18. The van der Waals surface area contributed by atoms with Gasteiger partial charge in [0, 0.05) is 25.2 Å². The Balaban J connectivity index is 0.00000200. The summed E-state index contributed by atoms with van der Waals surface area (Å²) in [5.41, 5.74) is 0.718. The molecule has 20 heavy (non-hydrogen) atoms. The largest absolute Gasteiger partial charge is 0.357 e. The van der Waals surface area contributed by atoms with E-state index in [0.717, 1.165) is 40.8 Å². The third-order valence-corrected chi connectivity index (χ3v) is 3.82. The van der Waals surface area contributed by atoms with Crippen LogP contribution in [0.25, 0.3) is 10.6 Å². The van der Waals surface area contributed by atoms with Crippen LogP contribution < -0.4 is 4.90 Å². The SMILES string of the molecule is CCN(CC)c1cc(-c2ccc([N+](=O)[O-])s2)ncn1.Cl. The molecule has 0 saturated carbocycles. The van der Waals surface area contributed by atoms with Crippen molar-refractivity contribution < 1.29 is 4.92 Å². The van der Waals surface area contributed by atoms with E-state index >= 15 is 0 Å². The Kier molecular flexibility index (Phi) is 5.84. The monoisotopic (exact) mass is 314 g/mol. The molecule has 0 saturated heterocycles. The van der Waals surface area contributed by atoms with Crippen LogP contribution in [0.1, 0.15) is 13.8 Å². The first-order valence-electron chi connectivity index (χ1n) is 5.97. The average Bonchev–Trinajstić information content (AvgIpc) is 2.90. The summed E-state index contributed by atoms with van der Waals surface area (Å²) < 4.78 is 0. The predicted octanol–water partition coefficient (Wildman–Crippen LogP) is 3.38. The molecule has 0 N–H and O–H groups in total. The van der Waals surface area contributed by atoms with Crippen molar-refractivity contribution in [3.63, 3.8) is 0 Å². The Morgan fingerprint density at radius 1 is 1.30 bits per heavy atom. The molecule has 0 amide bonds. The third kappa shape index (κ3) is 3.43. The van der Waals surface area contributed by atoms with Crippen LogP contribution in [0, 0.1) is 10.1 Å². The summed E-state index contributed by atoms with van der Waals surface area (Å²) >= 11 is 1.12. The van der Waals surface area contributed by atoms with Gasteiger partial charge in [-0.05, 0) is 19.9 Å². The van der Waals surface area contributed by atoms with Gasteiger partial charge >= 0.3 is 5.00 Å². The highest BCUT2D eigenvalue weighted by Crippen LogP contribution is 2.32. The van der Waals surface area contributed by atoms with Crippen LogP contribution in [0.3, 0.4) is 0 Å². The van der Waals surface area contributed by atoms with Crippen LogP contribution in [-0.2, 0) is 0 Å². The van der Waals surface area contributed by atoms with Crippen molar-refractivity contribution in [2.45, 2.75) is 13.8 Å². The number of aromatic nitrogens is 2. The van der Waals surface area contributed by atoms with E-state index in [9.17, 15) is 10.1 Å². The molecule has 0 aliphatic carbocycles. The van der Waals surface area contributed by atoms with Gasteiger partial charge in [0.1, 0.15) is 12.1 Å². The second-order valence-electron chi connectivity index (χ2n) is 3.83. The van der Waals surface area contributed by atoms with Gasteiger partial charge in [-0.25, -0.2) is 9.97 Å². The van der Waals surface area contributed by atoms with E-state index < -0.39 is 0 Å². The Labute approximate surface area is 127 Å². The van der Waals surface area contributed by atoms with Crippen molar-refractivity contribution in [2.24, 2.45) is 0 Å². The highest BCUT2D eigenvalue weighted by atomic mass is 35.5. The van der Waals surface area contributed by atoms with Crippen LogP contribution in [-0.4, -0.2) is 28.0 Å². The predicted molar refractivity (Wildman–Crippen MR) is 82.8 cm³/mol. The molecule has 0 spiro atoms. The molecular weight excluding hydrogens is 300 g/mol. The van der Waals surface area contributed by atoms with Crippen molar-refractivity contribution in [1.82, 2.24) is 9.97 Å². The van der Waals surface area contributed by atoms with Gasteiger partial charge in [0.2, 0.25) is 0 Å². The van der Waals surface area contributed by atoms with Gasteiger partial charge in [-0.1, -0.05) is 11.3 Å². The summed E-state index contributed by atoms with van der Waals surface area (Å²) in [6, 6.07) is 5.08. The summed E-state index contributed by atoms with van der Waals surface area (Å²) in [6.45, 7) is 5.83. The fourth-order valence-corrected chi connectivity index (χ4v) is 2.55. The lowest BCUT2D eigenvalue weighted by atomic mass is 10.3. The van der Waals surface area contributed by atoms with E-state index in [2.05, 4.69) is 28.7 Å². The summed E-state index contributed by atoms with van der Waals surface area (Å²) in [4.78, 5) is 21.6. The van der Waals surface area contributed by atoms with Crippen LogP contribution in [0.2, 0.25) is 0 Å². The van der Waals surface area contributed by atoms with Crippen molar-refractivity contribution in [3.05, 3.63) is 34.6 Å². The molecule has 0 atom stereocenters. The lowest BCUT2D eigenvalue weighted by Crippen LogP contribution is -2.22. The normalized spacial score (nSPS) is 9.90. The van der Waals surface area contributed by atoms with Gasteiger partial charge in [0.25, 0.3) is 0 Å². The molecule has 0 aromatic carbocycles. The fraction of sp³-hybridized carbons (Fsp3) is 0.333. The zero-order valence-electron chi connectivity index (χ0n) is 11.1. The Bertz CT molecular complexity index is 586. The Morgan fingerprint density at radius 2 is 2.00 bits per heavy atom. The summed E-state index contributed by atoms with van der Waals surface area (Å²) in [5, 5.41) is 10.8. The highest BCUT2D eigenvalue weighted by Gasteiger charge is 2.13. The maximum atomic E-state index is 10.7. The zero-order valence-corrected chi connectivity index (χ0v) is 12.8. The minimum Gasteiger partial charge on any atom is -0.357 e. The van der Waals surface area contributed by atoms with Gasteiger partial charge in [0.05, 0.1) is 15.5 Å². The lowest BCUT2D eigenvalue weighted by molar-refractivity contribution is -0.380. The molecule has 2 rings (SSSR count). The third-order valence-electron chi connectivity index (χ3n) is 2.76. The van der Waals surface area contributed by atoms with Gasteiger partial charge in [-0.15, -0.1) is 12.4 Å². The second kappa shape index (κ2) is 7.16. The lowest BCUT2D eigenvalue weighted by Gasteiger charge is -2.19. The summed E-state index contributed by atoms with van der Waals surface area (Å²) in [6.07, 6.45) is 1.49. The van der Waals surface area contributed by atoms with Crippen LogP contribution in [0.15, 0.2) is 24.5 Å². The molecular formula is C12H15ClN4O2S. The minimum absolute atomic E-state index is 0. The first kappa shape index (κ1) is 16.3. The van der Waals surface area contributed by atoms with Crippen LogP contribution >= 0.6 is 23.7 Å². The first-order chi connectivity index (χ1) is 9.15. The molecule has 2 aromatic heterocycles. The van der Waals surface area contributed by atoms with E-state index in [1.165, 1.54) is 12.4 Å². The van der Waals surface area contributed by atoms with Crippen molar-refractivity contribution in [1.29, 1.82) is 0 Å². The number of nitro groups is 1. The zero-order chi connectivity index (χ0) is 13.8. The van der Waals surface area contributed by atoms with E-state index in [4.69, 9.17) is 0 Å². The molecule has 2 aromatic rings. The molecule has 6 nitrogen and oxygen atoms in total. The topological polar surface area (TPSA) is 72.2 Å². The van der Waals surface area contributed by atoms with E-state index in [1.807, 2.05) is 6.07 Å². The van der Waals surface area contributed by atoms with Gasteiger partial charge in [-0.2, -0.15) is 0 Å². The molecule has 0 bridgehead atoms. The fourth-order valence-electron chi connectivity index (χ4n) is 1.77. The quantitative estimate of drug-likeness (QED) is 0.625. The summed E-state index contributed by atoms with van der Waals surface area (Å²) in [5.74, 6) is 0.839. The molecule has 2 heterocycles. The van der Waals surface area contributed by atoms with E-state index in [0.29, 0.717) is 0 Å². The van der Waals surface area contributed by atoms with Crippen LogP contribution in [0.5, 0.6) is 0 Å². The molecule has 0 unspecified atom stereocenters. The number of rotatable bonds is 5. The maximum absolute atomic E-state index is 10.7. The van der Waals surface area contributed by atoms with Crippen molar-refractivity contribution in [3.8, 4) is 10.6 Å². The standard InChI is InChI=1S/C12H14N4O2S.ClH/c1-3-15(4-2)11-7-9(13-8-14-11)10-5-6-12(19-10)16(17)18;/h5-8H,3-4H2,1-2H3;1H. The molecule has 0 fully saturated rings. The number of nitrogens with zero attached hydrogens (tertiary/aromatic N) is 4. The number of hydrogen-bond donors (Lipinski definition) is 0. The molecule has 108 valence electrons. The molecule has 0 aliphatic heterocycles. The summed E-state index contributed by atoms with van der Waals surface area (Å²) in [7, 11) is 0. The molecule has 0 radical (unpaired) electrons. The molecule has 0 aliphatic rings. The number of hydrogen-bond acceptors (Lipinski definition) is 6. The van der Waals surface area contributed by atoms with Crippen molar-refractivity contribution in [2.75, 3.05) is 18.0 Å². The van der Waals surface area contributed by atoms with Gasteiger partial charge < -0.3 is 4.90 Å². The first-order valence-corrected chi connectivity index (χ1v) is 6.79. The number of anilines is 1. The van der Waals surface area contributed by atoms with Crippen LogP contribution in [0.4, 0.5) is 10.8 Å². The number of thiophene rings is 1. The van der Waals surface area contributed by atoms with E-state index in [-0.39, 0.29) is 22.3 Å². The number of halogens is 1. The Morgan fingerprint density at radius 3 is 2.55 bits per heavy atom. The maximum Gasteiger partial charge on any atom is 0.324 e. The van der Waals surface area contributed by atoms with Gasteiger partial charge in [0.15, 0.2) is 0 Å². The minimum atomic E-state index is -0.388.